The molecule has 0 atom stereocenters. The number of halogens is 3. The van der Waals surface area contributed by atoms with E-state index in [1.807, 2.05) is 18.2 Å². The van der Waals surface area contributed by atoms with E-state index in [4.69, 9.17) is 28.9 Å². The zero-order valence-corrected chi connectivity index (χ0v) is 19.9. The molecule has 1 saturated heterocycles. The van der Waals surface area contributed by atoms with Crippen molar-refractivity contribution in [2.24, 2.45) is 5.73 Å². The molecule has 0 unspecified atom stereocenters. The molecule has 0 bridgehead atoms. The molecule has 1 aliphatic rings. The van der Waals surface area contributed by atoms with Crippen molar-refractivity contribution in [3.63, 3.8) is 0 Å². The molecule has 0 radical (unpaired) electrons. The Morgan fingerprint density at radius 2 is 1.84 bits per heavy atom. The minimum absolute atomic E-state index is 0.240. The van der Waals surface area contributed by atoms with Gasteiger partial charge >= 0.3 is 6.03 Å². The summed E-state index contributed by atoms with van der Waals surface area (Å²) < 4.78 is 15.1. The minimum atomic E-state index is -0.494. The van der Waals surface area contributed by atoms with E-state index in [-0.39, 0.29) is 5.82 Å². The van der Waals surface area contributed by atoms with Gasteiger partial charge in [0.15, 0.2) is 0 Å². The van der Waals surface area contributed by atoms with E-state index in [1.165, 1.54) is 22.3 Å². The standard InChI is InChI=1S/C23H25Cl2FN4OS/c24-18-5-1-2-6-19(18)30(23(27)31)10-4-3-9-28-11-13-29(14-12-28)21-17-8-7-16(26)15-20(17)32-22(21)25/h1-2,5-8,15H,3-4,9-14H2,(H2,27,31). The molecule has 0 aliphatic carbocycles. The number of carbonyl (C=O) groups is 1. The SMILES string of the molecule is NC(=O)N(CCCCN1CCN(c2c(Cl)sc3cc(F)ccc23)CC1)c1ccccc1Cl. The number of amides is 2. The van der Waals surface area contributed by atoms with E-state index in [9.17, 15) is 9.18 Å². The smallest absolute Gasteiger partial charge is 0.319 e. The summed E-state index contributed by atoms with van der Waals surface area (Å²) in [6, 6.07) is 11.6. The van der Waals surface area contributed by atoms with Crippen molar-refractivity contribution in [3.05, 3.63) is 57.6 Å². The molecule has 5 nitrogen and oxygen atoms in total. The summed E-state index contributed by atoms with van der Waals surface area (Å²) in [6.07, 6.45) is 1.79. The zero-order valence-electron chi connectivity index (χ0n) is 17.6. The lowest BCUT2D eigenvalue weighted by Crippen LogP contribution is -2.46. The molecular formula is C23H25Cl2FN4OS. The minimum Gasteiger partial charge on any atom is -0.367 e. The summed E-state index contributed by atoms with van der Waals surface area (Å²) in [6.45, 7) is 5.09. The van der Waals surface area contributed by atoms with Crippen molar-refractivity contribution >= 4 is 62.0 Å². The Labute approximate surface area is 201 Å². The van der Waals surface area contributed by atoms with Gasteiger partial charge in [-0.1, -0.05) is 35.3 Å². The predicted molar refractivity (Wildman–Crippen MR) is 133 cm³/mol. The maximum Gasteiger partial charge on any atom is 0.319 e. The van der Waals surface area contributed by atoms with Crippen molar-refractivity contribution in [1.29, 1.82) is 0 Å². The predicted octanol–water partition coefficient (Wildman–Crippen LogP) is 5.83. The number of para-hydroxylation sites is 1. The molecule has 3 aromatic rings. The van der Waals surface area contributed by atoms with Crippen LogP contribution >= 0.6 is 34.5 Å². The lowest BCUT2D eigenvalue weighted by molar-refractivity contribution is 0.249. The third-order valence-corrected chi connectivity index (χ3v) is 7.45. The highest BCUT2D eigenvalue weighted by molar-refractivity contribution is 7.23. The molecule has 2 N–H and O–H groups in total. The number of fused-ring (bicyclic) bond motifs is 1. The van der Waals surface area contributed by atoms with Crippen LogP contribution in [0, 0.1) is 5.82 Å². The van der Waals surface area contributed by atoms with Gasteiger partial charge in [0.25, 0.3) is 0 Å². The summed E-state index contributed by atoms with van der Waals surface area (Å²) in [5.74, 6) is -0.240. The lowest BCUT2D eigenvalue weighted by Gasteiger charge is -2.36. The fourth-order valence-electron chi connectivity index (χ4n) is 4.14. The van der Waals surface area contributed by atoms with Gasteiger partial charge in [-0.2, -0.15) is 0 Å². The third-order valence-electron chi connectivity index (χ3n) is 5.79. The summed E-state index contributed by atoms with van der Waals surface area (Å²) >= 11 is 14.1. The molecule has 4 rings (SSSR count). The summed E-state index contributed by atoms with van der Waals surface area (Å²) in [4.78, 5) is 18.1. The van der Waals surface area contributed by atoms with Crippen molar-refractivity contribution < 1.29 is 9.18 Å². The fraction of sp³-hybridized carbons (Fsp3) is 0.348. The van der Waals surface area contributed by atoms with Gasteiger partial charge in [-0.05, 0) is 49.7 Å². The molecule has 2 aromatic carbocycles. The second-order valence-electron chi connectivity index (χ2n) is 7.84. The highest BCUT2D eigenvalue weighted by Crippen LogP contribution is 2.42. The van der Waals surface area contributed by atoms with E-state index in [1.54, 1.807) is 18.2 Å². The average Bonchev–Trinajstić information content (AvgIpc) is 3.09. The monoisotopic (exact) mass is 494 g/mol. The first-order valence-corrected chi connectivity index (χ1v) is 12.2. The number of hydrogen-bond donors (Lipinski definition) is 1. The van der Waals surface area contributed by atoms with Gasteiger partial charge in [0, 0.05) is 42.8 Å². The van der Waals surface area contributed by atoms with Crippen molar-refractivity contribution in [2.45, 2.75) is 12.8 Å². The second kappa shape index (κ2) is 10.3. The Kier molecular flexibility index (Phi) is 7.40. The number of unbranched alkanes of at least 4 members (excludes halogenated alkanes) is 1. The number of rotatable bonds is 7. The van der Waals surface area contributed by atoms with Crippen LogP contribution in [0.1, 0.15) is 12.8 Å². The van der Waals surface area contributed by atoms with Gasteiger partial charge in [0.2, 0.25) is 0 Å². The van der Waals surface area contributed by atoms with Crippen LogP contribution in [-0.2, 0) is 0 Å². The molecule has 1 aliphatic heterocycles. The van der Waals surface area contributed by atoms with E-state index < -0.39 is 6.03 Å². The lowest BCUT2D eigenvalue weighted by atomic mass is 10.2. The maximum absolute atomic E-state index is 13.5. The number of hydrogen-bond acceptors (Lipinski definition) is 4. The third kappa shape index (κ3) is 5.12. The Morgan fingerprint density at radius 3 is 2.56 bits per heavy atom. The number of nitrogens with zero attached hydrogens (tertiary/aromatic N) is 3. The number of piperazine rings is 1. The normalized spacial score (nSPS) is 14.8. The number of benzene rings is 2. The Morgan fingerprint density at radius 1 is 1.09 bits per heavy atom. The van der Waals surface area contributed by atoms with Crippen LogP contribution in [0.5, 0.6) is 0 Å². The van der Waals surface area contributed by atoms with Crippen molar-refractivity contribution in [2.75, 3.05) is 49.1 Å². The van der Waals surface area contributed by atoms with Crippen molar-refractivity contribution in [3.8, 4) is 0 Å². The van der Waals surface area contributed by atoms with Gasteiger partial charge in [-0.15, -0.1) is 11.3 Å². The molecule has 9 heteroatoms. The van der Waals surface area contributed by atoms with E-state index in [2.05, 4.69) is 9.80 Å². The first-order chi connectivity index (χ1) is 15.4. The van der Waals surface area contributed by atoms with Gasteiger partial charge < -0.3 is 10.6 Å². The van der Waals surface area contributed by atoms with E-state index in [0.717, 1.165) is 61.3 Å². The zero-order chi connectivity index (χ0) is 22.7. The molecular weight excluding hydrogens is 470 g/mol. The first kappa shape index (κ1) is 23.1. The topological polar surface area (TPSA) is 52.8 Å². The Bertz CT molecular complexity index is 1100. The van der Waals surface area contributed by atoms with E-state index >= 15 is 0 Å². The molecule has 2 heterocycles. The summed E-state index contributed by atoms with van der Waals surface area (Å²) in [5, 5.41) is 1.53. The number of urea groups is 1. The van der Waals surface area contributed by atoms with Crippen LogP contribution < -0.4 is 15.5 Å². The molecule has 32 heavy (non-hydrogen) atoms. The Hall–Kier alpha value is -2.06. The van der Waals surface area contributed by atoms with Crippen LogP contribution in [-0.4, -0.2) is 50.2 Å². The van der Waals surface area contributed by atoms with Crippen LogP contribution in [0.15, 0.2) is 42.5 Å². The summed E-state index contributed by atoms with van der Waals surface area (Å²) in [5.41, 5.74) is 7.23. The maximum atomic E-state index is 13.5. The summed E-state index contributed by atoms with van der Waals surface area (Å²) in [7, 11) is 0. The van der Waals surface area contributed by atoms with Crippen LogP contribution in [0.2, 0.25) is 9.36 Å². The Balaban J connectivity index is 1.27. The average molecular weight is 495 g/mol. The molecule has 1 aromatic heterocycles. The van der Waals surface area contributed by atoms with Gasteiger partial charge in [-0.25, -0.2) is 9.18 Å². The van der Waals surface area contributed by atoms with Crippen LogP contribution in [0.4, 0.5) is 20.6 Å². The fourth-order valence-corrected chi connectivity index (χ4v) is 5.83. The van der Waals surface area contributed by atoms with Gasteiger partial charge in [0.05, 0.1) is 16.4 Å². The first-order valence-electron chi connectivity index (χ1n) is 10.6. The van der Waals surface area contributed by atoms with Gasteiger partial charge in [0.1, 0.15) is 10.2 Å². The highest BCUT2D eigenvalue weighted by Gasteiger charge is 2.23. The molecule has 1 fully saturated rings. The molecule has 0 spiro atoms. The molecule has 2 amide bonds. The second-order valence-corrected chi connectivity index (χ2v) is 9.90. The number of primary amides is 1. The highest BCUT2D eigenvalue weighted by atomic mass is 35.5. The number of anilines is 2. The quantitative estimate of drug-likeness (QED) is 0.420. The number of nitrogens with two attached hydrogens (primary N) is 1. The molecule has 170 valence electrons. The number of thiophene rings is 1. The van der Waals surface area contributed by atoms with E-state index in [0.29, 0.717) is 21.6 Å². The van der Waals surface area contributed by atoms with Gasteiger partial charge in [-0.3, -0.25) is 9.80 Å². The largest absolute Gasteiger partial charge is 0.367 e. The van der Waals surface area contributed by atoms with Crippen LogP contribution in [0.25, 0.3) is 10.1 Å². The van der Waals surface area contributed by atoms with Crippen LogP contribution in [0.3, 0.4) is 0 Å². The molecule has 0 saturated carbocycles. The van der Waals surface area contributed by atoms with Crippen molar-refractivity contribution in [1.82, 2.24) is 4.90 Å². The number of carbonyl (C=O) groups excluding carboxylic acids is 1.